The number of aromatic nitrogens is 1. The number of carbonyl (C=O) groups is 1. The molecule has 106 valence electrons. The maximum atomic E-state index is 11.9. The highest BCUT2D eigenvalue weighted by Crippen LogP contribution is 2.13. The summed E-state index contributed by atoms with van der Waals surface area (Å²) in [6, 6.07) is 3.48. The van der Waals surface area contributed by atoms with E-state index >= 15 is 0 Å². The first kappa shape index (κ1) is 15.7. The molecule has 0 aromatic carbocycles. The van der Waals surface area contributed by atoms with E-state index in [-0.39, 0.29) is 19.1 Å². The van der Waals surface area contributed by atoms with Gasteiger partial charge in [-0.25, -0.2) is 4.98 Å². The van der Waals surface area contributed by atoms with Crippen LogP contribution in [0, 0.1) is 0 Å². The number of nitrogens with zero attached hydrogens (tertiary/aromatic N) is 2. The zero-order chi connectivity index (χ0) is 14.5. The van der Waals surface area contributed by atoms with E-state index in [9.17, 15) is 9.90 Å². The van der Waals surface area contributed by atoms with Crippen molar-refractivity contribution >= 4 is 23.3 Å². The summed E-state index contributed by atoms with van der Waals surface area (Å²) in [4.78, 5) is 17.8. The molecule has 1 unspecified atom stereocenters. The monoisotopic (exact) mass is 285 g/mol. The molecule has 1 heterocycles. The molecule has 0 saturated heterocycles. The third kappa shape index (κ3) is 4.69. The van der Waals surface area contributed by atoms with E-state index in [2.05, 4.69) is 10.3 Å². The number of aliphatic hydroxyl groups excluding tert-OH is 1. The largest absolute Gasteiger partial charge is 0.394 e. The van der Waals surface area contributed by atoms with Crippen LogP contribution in [0.2, 0.25) is 5.02 Å². The first-order valence-corrected chi connectivity index (χ1v) is 6.52. The summed E-state index contributed by atoms with van der Waals surface area (Å²) in [5.74, 6) is 0.513. The number of aliphatic hydroxyl groups is 1. The van der Waals surface area contributed by atoms with E-state index in [0.29, 0.717) is 17.3 Å². The van der Waals surface area contributed by atoms with Crippen LogP contribution in [0.1, 0.15) is 20.3 Å². The summed E-state index contributed by atoms with van der Waals surface area (Å²) >= 11 is 5.76. The van der Waals surface area contributed by atoms with Crippen molar-refractivity contribution in [1.82, 2.24) is 10.3 Å². The van der Waals surface area contributed by atoms with Gasteiger partial charge in [0.05, 0.1) is 23.7 Å². The molecule has 1 aromatic heterocycles. The Labute approximate surface area is 118 Å². The Morgan fingerprint density at radius 1 is 1.58 bits per heavy atom. The minimum atomic E-state index is -0.578. The number of amides is 1. The fraction of sp³-hybridized carbons (Fsp3) is 0.538. The Hall–Kier alpha value is -1.33. The van der Waals surface area contributed by atoms with Crippen molar-refractivity contribution < 1.29 is 9.90 Å². The van der Waals surface area contributed by atoms with Crippen molar-refractivity contribution in [3.8, 4) is 0 Å². The Balaban J connectivity index is 2.59. The molecule has 5 nitrogen and oxygen atoms in total. The molecule has 1 amide bonds. The van der Waals surface area contributed by atoms with Crippen molar-refractivity contribution in [2.75, 3.05) is 25.1 Å². The molecule has 0 fully saturated rings. The molecule has 0 saturated carbocycles. The third-order valence-electron chi connectivity index (χ3n) is 3.05. The summed E-state index contributed by atoms with van der Waals surface area (Å²) in [6.45, 7) is 3.81. The summed E-state index contributed by atoms with van der Waals surface area (Å²) in [5, 5.41) is 12.6. The lowest BCUT2D eigenvalue weighted by atomic mass is 10.0. The number of pyridine rings is 1. The summed E-state index contributed by atoms with van der Waals surface area (Å²) in [6.07, 6.45) is 2.20. The van der Waals surface area contributed by atoms with E-state index in [1.165, 1.54) is 6.20 Å². The van der Waals surface area contributed by atoms with Gasteiger partial charge in [-0.3, -0.25) is 4.79 Å². The number of rotatable bonds is 6. The van der Waals surface area contributed by atoms with Gasteiger partial charge in [0.15, 0.2) is 0 Å². The van der Waals surface area contributed by atoms with E-state index in [1.807, 2.05) is 13.8 Å². The Bertz CT molecular complexity index is 418. The predicted molar refractivity (Wildman–Crippen MR) is 76.4 cm³/mol. The number of likely N-dealkylation sites (N-methyl/N-ethyl adjacent to an activating group) is 1. The minimum absolute atomic E-state index is 0.0852. The van der Waals surface area contributed by atoms with Crippen LogP contribution in [-0.4, -0.2) is 41.7 Å². The van der Waals surface area contributed by atoms with Gasteiger partial charge in [-0.1, -0.05) is 18.5 Å². The molecule has 0 aliphatic rings. The van der Waals surface area contributed by atoms with Crippen LogP contribution in [-0.2, 0) is 4.79 Å². The van der Waals surface area contributed by atoms with Gasteiger partial charge in [-0.05, 0) is 25.5 Å². The second kappa shape index (κ2) is 6.73. The summed E-state index contributed by atoms with van der Waals surface area (Å²) < 4.78 is 0. The van der Waals surface area contributed by atoms with Crippen molar-refractivity contribution in [2.24, 2.45) is 0 Å². The molecule has 0 aliphatic carbocycles. The predicted octanol–water partition coefficient (Wildman–Crippen LogP) is 1.45. The quantitative estimate of drug-likeness (QED) is 0.830. The molecule has 2 N–H and O–H groups in total. The Kier molecular flexibility index (Phi) is 5.57. The van der Waals surface area contributed by atoms with Crippen LogP contribution in [0.15, 0.2) is 18.3 Å². The van der Waals surface area contributed by atoms with Crippen LogP contribution in [0.3, 0.4) is 0 Å². The highest BCUT2D eigenvalue weighted by Gasteiger charge is 2.23. The molecule has 19 heavy (non-hydrogen) atoms. The number of carbonyl (C=O) groups excluding carboxylic acids is 1. The average Bonchev–Trinajstić information content (AvgIpc) is 2.39. The zero-order valence-corrected chi connectivity index (χ0v) is 12.2. The third-order valence-corrected chi connectivity index (χ3v) is 3.28. The van der Waals surface area contributed by atoms with Gasteiger partial charge in [0.25, 0.3) is 0 Å². The van der Waals surface area contributed by atoms with Crippen LogP contribution in [0.25, 0.3) is 0 Å². The summed E-state index contributed by atoms with van der Waals surface area (Å²) in [7, 11) is 1.78. The van der Waals surface area contributed by atoms with Crippen LogP contribution in [0.5, 0.6) is 0 Å². The van der Waals surface area contributed by atoms with E-state index in [0.717, 1.165) is 0 Å². The summed E-state index contributed by atoms with van der Waals surface area (Å²) in [5.41, 5.74) is -0.578. The van der Waals surface area contributed by atoms with Gasteiger partial charge in [0, 0.05) is 13.2 Å². The molecular formula is C13H20ClN3O2. The maximum absolute atomic E-state index is 11.9. The number of hydrogen-bond acceptors (Lipinski definition) is 4. The second-order valence-electron chi connectivity index (χ2n) is 4.81. The topological polar surface area (TPSA) is 65.5 Å². The molecule has 1 aromatic rings. The molecular weight excluding hydrogens is 266 g/mol. The van der Waals surface area contributed by atoms with E-state index < -0.39 is 5.54 Å². The average molecular weight is 286 g/mol. The molecule has 1 atom stereocenters. The van der Waals surface area contributed by atoms with Gasteiger partial charge in [0.1, 0.15) is 5.82 Å². The highest BCUT2D eigenvalue weighted by molar-refractivity contribution is 6.30. The van der Waals surface area contributed by atoms with Crippen LogP contribution < -0.4 is 10.2 Å². The zero-order valence-electron chi connectivity index (χ0n) is 11.5. The van der Waals surface area contributed by atoms with Crippen LogP contribution >= 0.6 is 11.6 Å². The first-order valence-electron chi connectivity index (χ1n) is 6.15. The second-order valence-corrected chi connectivity index (χ2v) is 5.25. The van der Waals surface area contributed by atoms with Gasteiger partial charge < -0.3 is 15.3 Å². The molecule has 1 rings (SSSR count). The van der Waals surface area contributed by atoms with Gasteiger partial charge >= 0.3 is 0 Å². The Morgan fingerprint density at radius 2 is 2.26 bits per heavy atom. The molecule has 0 aliphatic heterocycles. The number of halogens is 1. The van der Waals surface area contributed by atoms with Gasteiger partial charge in [-0.2, -0.15) is 0 Å². The lowest BCUT2D eigenvalue weighted by Gasteiger charge is -2.28. The van der Waals surface area contributed by atoms with Crippen molar-refractivity contribution in [3.05, 3.63) is 23.4 Å². The molecule has 0 spiro atoms. The van der Waals surface area contributed by atoms with E-state index in [4.69, 9.17) is 11.6 Å². The van der Waals surface area contributed by atoms with Gasteiger partial charge in [0.2, 0.25) is 5.91 Å². The van der Waals surface area contributed by atoms with Crippen molar-refractivity contribution in [3.63, 3.8) is 0 Å². The van der Waals surface area contributed by atoms with Crippen molar-refractivity contribution in [2.45, 2.75) is 25.8 Å². The van der Waals surface area contributed by atoms with Gasteiger partial charge in [-0.15, -0.1) is 0 Å². The fourth-order valence-corrected chi connectivity index (χ4v) is 1.62. The number of anilines is 1. The standard InChI is InChI=1S/C13H20ClN3O2/c1-4-13(2,9-18)16-12(19)8-17(3)11-6-5-10(14)7-15-11/h5-7,18H,4,8-9H2,1-3H3,(H,16,19). The Morgan fingerprint density at radius 3 is 2.74 bits per heavy atom. The first-order chi connectivity index (χ1) is 8.90. The smallest absolute Gasteiger partial charge is 0.240 e. The lowest BCUT2D eigenvalue weighted by molar-refractivity contribution is -0.122. The maximum Gasteiger partial charge on any atom is 0.240 e. The number of hydrogen-bond donors (Lipinski definition) is 2. The molecule has 6 heteroatoms. The highest BCUT2D eigenvalue weighted by atomic mass is 35.5. The lowest BCUT2D eigenvalue weighted by Crippen LogP contribution is -2.51. The van der Waals surface area contributed by atoms with E-state index in [1.54, 1.807) is 24.1 Å². The minimum Gasteiger partial charge on any atom is -0.394 e. The van der Waals surface area contributed by atoms with Crippen molar-refractivity contribution in [1.29, 1.82) is 0 Å². The fourth-order valence-electron chi connectivity index (χ4n) is 1.51. The normalized spacial score (nSPS) is 13.7. The van der Waals surface area contributed by atoms with Crippen LogP contribution in [0.4, 0.5) is 5.82 Å². The number of nitrogens with one attached hydrogen (secondary N) is 1. The molecule has 0 bridgehead atoms. The molecule has 0 radical (unpaired) electrons. The SMILES string of the molecule is CCC(C)(CO)NC(=O)CN(C)c1ccc(Cl)cn1.